The average Bonchev–Trinajstić information content (AvgIpc) is 2.46. The van der Waals surface area contributed by atoms with E-state index >= 15 is 0 Å². The van der Waals surface area contributed by atoms with E-state index < -0.39 is 0 Å². The summed E-state index contributed by atoms with van der Waals surface area (Å²) in [6, 6.07) is 2.17. The van der Waals surface area contributed by atoms with Crippen molar-refractivity contribution in [3.05, 3.63) is 19.2 Å². The molecule has 1 aromatic heterocycles. The molecule has 0 saturated carbocycles. The van der Waals surface area contributed by atoms with Crippen LogP contribution in [0.15, 0.2) is 14.3 Å². The summed E-state index contributed by atoms with van der Waals surface area (Å²) in [4.78, 5) is 1.36. The fourth-order valence-electron chi connectivity index (χ4n) is 1.13. The maximum absolute atomic E-state index is 3.50. The van der Waals surface area contributed by atoms with Gasteiger partial charge in [0.25, 0.3) is 0 Å². The zero-order valence-electron chi connectivity index (χ0n) is 9.36. The molecule has 0 aromatic carbocycles. The van der Waals surface area contributed by atoms with E-state index in [0.717, 1.165) is 17.6 Å². The molecule has 0 aliphatic heterocycles. The van der Waals surface area contributed by atoms with Crippen LogP contribution >= 0.6 is 43.2 Å². The SMILES string of the molecule is CCC(C)(C)CNCc1cc(Br)c(Br)s1. The third kappa shape index (κ3) is 4.55. The Kier molecular flexibility index (Phi) is 5.29. The molecule has 0 fully saturated rings. The van der Waals surface area contributed by atoms with E-state index in [-0.39, 0.29) is 0 Å². The highest BCUT2D eigenvalue weighted by Crippen LogP contribution is 2.32. The molecule has 0 unspecified atom stereocenters. The molecule has 4 heteroatoms. The Hall–Kier alpha value is 0.620. The van der Waals surface area contributed by atoms with E-state index in [1.165, 1.54) is 15.1 Å². The van der Waals surface area contributed by atoms with Crippen LogP contribution in [-0.4, -0.2) is 6.54 Å². The first-order chi connectivity index (χ1) is 6.94. The molecule has 0 amide bonds. The van der Waals surface area contributed by atoms with Gasteiger partial charge in [-0.25, -0.2) is 0 Å². The maximum Gasteiger partial charge on any atom is 0.0843 e. The summed E-state index contributed by atoms with van der Waals surface area (Å²) in [6.07, 6.45) is 1.21. The molecular weight excluding hydrogens is 338 g/mol. The second kappa shape index (κ2) is 5.80. The van der Waals surface area contributed by atoms with Crippen molar-refractivity contribution in [1.29, 1.82) is 0 Å². The Morgan fingerprint density at radius 2 is 2.07 bits per heavy atom. The Balaban J connectivity index is 2.38. The van der Waals surface area contributed by atoms with Gasteiger partial charge in [0.2, 0.25) is 0 Å². The quantitative estimate of drug-likeness (QED) is 0.800. The van der Waals surface area contributed by atoms with E-state index in [1.807, 2.05) is 0 Å². The van der Waals surface area contributed by atoms with Gasteiger partial charge in [-0.3, -0.25) is 0 Å². The standard InChI is InChI=1S/C11H17Br2NS/c1-4-11(2,3)7-14-6-8-5-9(12)10(13)15-8/h5,14H,4,6-7H2,1-3H3. The summed E-state index contributed by atoms with van der Waals surface area (Å²) >= 11 is 8.78. The van der Waals surface area contributed by atoms with E-state index in [0.29, 0.717) is 5.41 Å². The van der Waals surface area contributed by atoms with Crippen LogP contribution in [0, 0.1) is 5.41 Å². The van der Waals surface area contributed by atoms with Crippen molar-refractivity contribution in [2.24, 2.45) is 5.41 Å². The molecule has 0 aliphatic carbocycles. The third-order valence-electron chi connectivity index (χ3n) is 2.56. The molecule has 0 spiro atoms. The molecule has 1 heterocycles. The molecule has 1 rings (SSSR count). The Bertz CT molecular complexity index is 301. The minimum Gasteiger partial charge on any atom is -0.311 e. The highest BCUT2D eigenvalue weighted by molar-refractivity contribution is 9.13. The van der Waals surface area contributed by atoms with Crippen LogP contribution in [0.4, 0.5) is 0 Å². The van der Waals surface area contributed by atoms with Crippen molar-refractivity contribution in [3.8, 4) is 0 Å². The monoisotopic (exact) mass is 353 g/mol. The van der Waals surface area contributed by atoms with Gasteiger partial charge in [-0.2, -0.15) is 0 Å². The first-order valence-corrected chi connectivity index (χ1v) is 7.49. The van der Waals surface area contributed by atoms with Crippen LogP contribution in [0.3, 0.4) is 0 Å². The summed E-state index contributed by atoms with van der Waals surface area (Å²) in [6.45, 7) is 8.84. The van der Waals surface area contributed by atoms with Gasteiger partial charge in [0.1, 0.15) is 0 Å². The fraction of sp³-hybridized carbons (Fsp3) is 0.636. The minimum atomic E-state index is 0.395. The first kappa shape index (κ1) is 13.7. The molecule has 15 heavy (non-hydrogen) atoms. The third-order valence-corrected chi connectivity index (χ3v) is 5.81. The van der Waals surface area contributed by atoms with Gasteiger partial charge < -0.3 is 5.32 Å². The van der Waals surface area contributed by atoms with Gasteiger partial charge in [-0.05, 0) is 49.8 Å². The van der Waals surface area contributed by atoms with Crippen molar-refractivity contribution < 1.29 is 0 Å². The Morgan fingerprint density at radius 1 is 1.40 bits per heavy atom. The molecule has 1 N–H and O–H groups in total. The summed E-state index contributed by atoms with van der Waals surface area (Å²) in [7, 11) is 0. The van der Waals surface area contributed by atoms with E-state index in [9.17, 15) is 0 Å². The van der Waals surface area contributed by atoms with Gasteiger partial charge in [0.05, 0.1) is 3.79 Å². The summed E-state index contributed by atoms with van der Waals surface area (Å²) in [5.74, 6) is 0. The van der Waals surface area contributed by atoms with Crippen LogP contribution in [0.25, 0.3) is 0 Å². The lowest BCUT2D eigenvalue weighted by molar-refractivity contribution is 0.328. The molecule has 1 nitrogen and oxygen atoms in total. The summed E-state index contributed by atoms with van der Waals surface area (Å²) in [5, 5.41) is 3.50. The van der Waals surface area contributed by atoms with Crippen LogP contribution in [0.2, 0.25) is 0 Å². The van der Waals surface area contributed by atoms with Crippen molar-refractivity contribution >= 4 is 43.2 Å². The van der Waals surface area contributed by atoms with Crippen molar-refractivity contribution in [2.75, 3.05) is 6.54 Å². The van der Waals surface area contributed by atoms with Gasteiger partial charge in [0, 0.05) is 22.4 Å². The second-order valence-corrected chi connectivity index (χ2v) is 7.76. The normalized spacial score (nSPS) is 12.1. The molecule has 0 bridgehead atoms. The van der Waals surface area contributed by atoms with Crippen LogP contribution in [0.5, 0.6) is 0 Å². The fourth-order valence-corrected chi connectivity index (χ4v) is 3.27. The molecule has 0 radical (unpaired) electrons. The summed E-state index contributed by atoms with van der Waals surface area (Å²) < 4.78 is 2.33. The zero-order chi connectivity index (χ0) is 11.5. The van der Waals surface area contributed by atoms with Crippen LogP contribution in [-0.2, 0) is 6.54 Å². The van der Waals surface area contributed by atoms with Crippen molar-refractivity contribution in [2.45, 2.75) is 33.7 Å². The molecule has 0 saturated heterocycles. The van der Waals surface area contributed by atoms with Gasteiger partial charge in [-0.1, -0.05) is 20.8 Å². The minimum absolute atomic E-state index is 0.395. The number of nitrogens with one attached hydrogen (secondary N) is 1. The van der Waals surface area contributed by atoms with Crippen molar-refractivity contribution in [3.63, 3.8) is 0 Å². The first-order valence-electron chi connectivity index (χ1n) is 5.09. The molecular formula is C11H17Br2NS. The smallest absolute Gasteiger partial charge is 0.0843 e. The lowest BCUT2D eigenvalue weighted by atomic mass is 9.90. The van der Waals surface area contributed by atoms with E-state index in [2.05, 4.69) is 64.0 Å². The number of hydrogen-bond acceptors (Lipinski definition) is 2. The Morgan fingerprint density at radius 3 is 2.53 bits per heavy atom. The number of halogens is 2. The largest absolute Gasteiger partial charge is 0.311 e. The van der Waals surface area contributed by atoms with Gasteiger partial charge >= 0.3 is 0 Å². The predicted octanol–water partition coefficient (Wildman–Crippen LogP) is 4.80. The summed E-state index contributed by atoms with van der Waals surface area (Å²) in [5.41, 5.74) is 0.395. The average molecular weight is 355 g/mol. The second-order valence-electron chi connectivity index (χ2n) is 4.46. The molecule has 86 valence electrons. The molecule has 1 aromatic rings. The van der Waals surface area contributed by atoms with Crippen molar-refractivity contribution in [1.82, 2.24) is 5.32 Å². The molecule has 0 aliphatic rings. The van der Waals surface area contributed by atoms with Crippen LogP contribution in [0.1, 0.15) is 32.1 Å². The number of hydrogen-bond donors (Lipinski definition) is 1. The number of thiophene rings is 1. The molecule has 0 atom stereocenters. The maximum atomic E-state index is 3.50. The van der Waals surface area contributed by atoms with E-state index in [1.54, 1.807) is 11.3 Å². The highest BCUT2D eigenvalue weighted by Gasteiger charge is 2.14. The lowest BCUT2D eigenvalue weighted by Crippen LogP contribution is -2.28. The van der Waals surface area contributed by atoms with Gasteiger partial charge in [-0.15, -0.1) is 11.3 Å². The topological polar surface area (TPSA) is 12.0 Å². The zero-order valence-corrected chi connectivity index (χ0v) is 13.4. The number of rotatable bonds is 5. The highest BCUT2D eigenvalue weighted by atomic mass is 79.9. The lowest BCUT2D eigenvalue weighted by Gasteiger charge is -2.22. The van der Waals surface area contributed by atoms with E-state index in [4.69, 9.17) is 0 Å². The van der Waals surface area contributed by atoms with Gasteiger partial charge in [0.15, 0.2) is 0 Å². The van der Waals surface area contributed by atoms with Crippen LogP contribution < -0.4 is 5.32 Å². The Labute approximate surface area is 113 Å². The predicted molar refractivity (Wildman–Crippen MR) is 75.5 cm³/mol.